The zero-order chi connectivity index (χ0) is 13.5. The number of halogens is 1. The van der Waals surface area contributed by atoms with Crippen molar-refractivity contribution in [3.05, 3.63) is 0 Å². The van der Waals surface area contributed by atoms with Crippen LogP contribution in [0.25, 0.3) is 0 Å². The van der Waals surface area contributed by atoms with Crippen molar-refractivity contribution in [3.8, 4) is 0 Å². The Hall–Kier alpha value is -0.460. The molecule has 0 aliphatic carbocycles. The minimum Gasteiger partial charge on any atom is -0.299 e. The first-order valence-corrected chi connectivity index (χ1v) is 7.80. The fourth-order valence-corrected chi connectivity index (χ4v) is 2.31. The van der Waals surface area contributed by atoms with E-state index in [0.717, 1.165) is 25.7 Å². The molecule has 102 valence electrons. The van der Waals surface area contributed by atoms with Gasteiger partial charge in [-0.15, -0.1) is 0 Å². The average molecular weight is 365 g/mol. The topological polar surface area (TPSA) is 54.5 Å². The van der Waals surface area contributed by atoms with Gasteiger partial charge < -0.3 is 0 Å². The molecule has 5 heteroatoms. The van der Waals surface area contributed by atoms with Gasteiger partial charge in [-0.1, -0.05) is 35.9 Å². The van der Waals surface area contributed by atoms with Crippen LogP contribution in [0, 0.1) is 0 Å². The van der Waals surface area contributed by atoms with Crippen molar-refractivity contribution in [1.29, 1.82) is 0 Å². The summed E-state index contributed by atoms with van der Waals surface area (Å²) in [5.74, 6) is 0.218. The molecule has 0 radical (unpaired) electrons. The summed E-state index contributed by atoms with van der Waals surface area (Å²) >= 11 is 2.18. The molecule has 1 unspecified atom stereocenters. The second kappa shape index (κ2) is 7.86. The van der Waals surface area contributed by atoms with Gasteiger partial charge in [-0.3, -0.25) is 19.3 Å². The number of rotatable bonds is 8. The Balaban J connectivity index is 2.10. The number of alkyl halides is 1. The molecule has 1 aliphatic heterocycles. The quantitative estimate of drug-likeness (QED) is 0.287. The summed E-state index contributed by atoms with van der Waals surface area (Å²) in [5, 5.41) is 0. The smallest absolute Gasteiger partial charge is 0.229 e. The zero-order valence-corrected chi connectivity index (χ0v) is 12.9. The summed E-state index contributed by atoms with van der Waals surface area (Å²) in [6, 6.07) is 0. The zero-order valence-electron chi connectivity index (χ0n) is 10.8. The van der Waals surface area contributed by atoms with Crippen molar-refractivity contribution in [3.63, 3.8) is 0 Å². The lowest BCUT2D eigenvalue weighted by molar-refractivity contribution is -0.138. The molecule has 18 heavy (non-hydrogen) atoms. The van der Waals surface area contributed by atoms with Crippen LogP contribution in [0.15, 0.2) is 0 Å². The highest BCUT2D eigenvalue weighted by Crippen LogP contribution is 2.15. The maximum absolute atomic E-state index is 11.6. The number of hydrogen-bond acceptors (Lipinski definition) is 3. The molecular weight excluding hydrogens is 345 g/mol. The van der Waals surface area contributed by atoms with Gasteiger partial charge in [0.1, 0.15) is 5.78 Å². The molecule has 4 nitrogen and oxygen atoms in total. The highest BCUT2D eigenvalue weighted by Gasteiger charge is 2.27. The van der Waals surface area contributed by atoms with Crippen molar-refractivity contribution < 1.29 is 14.4 Å². The van der Waals surface area contributed by atoms with Crippen molar-refractivity contribution in [2.45, 2.75) is 55.8 Å². The Morgan fingerprint density at radius 1 is 1.22 bits per heavy atom. The standard InChI is InChI=1S/C13H20INO3/c1-2-10(14)11(16)6-4-3-5-9-15-12(17)7-8-13(15)18/h10H,2-9H2,1H3. The second-order valence-electron chi connectivity index (χ2n) is 4.59. The molecule has 1 atom stereocenters. The molecule has 2 amide bonds. The molecule has 0 bridgehead atoms. The van der Waals surface area contributed by atoms with Gasteiger partial charge in [0.25, 0.3) is 0 Å². The first kappa shape index (κ1) is 15.6. The van der Waals surface area contributed by atoms with Gasteiger partial charge in [0.15, 0.2) is 0 Å². The molecule has 1 fully saturated rings. The number of amides is 2. The van der Waals surface area contributed by atoms with Gasteiger partial charge >= 0.3 is 0 Å². The van der Waals surface area contributed by atoms with Crippen LogP contribution >= 0.6 is 22.6 Å². The Kier molecular flexibility index (Phi) is 6.81. The summed E-state index contributed by atoms with van der Waals surface area (Å²) in [7, 11) is 0. The molecule has 0 aromatic rings. The molecule has 0 saturated carbocycles. The van der Waals surface area contributed by atoms with Crippen LogP contribution in [0.2, 0.25) is 0 Å². The minimum absolute atomic E-state index is 0.0469. The molecule has 1 saturated heterocycles. The van der Waals surface area contributed by atoms with E-state index in [1.54, 1.807) is 0 Å². The van der Waals surface area contributed by atoms with Crippen LogP contribution in [0.1, 0.15) is 51.9 Å². The van der Waals surface area contributed by atoms with Gasteiger partial charge in [0, 0.05) is 25.8 Å². The van der Waals surface area contributed by atoms with E-state index in [-0.39, 0.29) is 15.7 Å². The number of carbonyl (C=O) groups excluding carboxylic acids is 3. The van der Waals surface area contributed by atoms with E-state index in [1.807, 2.05) is 6.92 Å². The maximum atomic E-state index is 11.6. The van der Waals surface area contributed by atoms with Crippen molar-refractivity contribution in [1.82, 2.24) is 4.90 Å². The number of nitrogens with zero attached hydrogens (tertiary/aromatic N) is 1. The van der Waals surface area contributed by atoms with E-state index in [2.05, 4.69) is 22.6 Å². The van der Waals surface area contributed by atoms with Gasteiger partial charge in [-0.25, -0.2) is 0 Å². The van der Waals surface area contributed by atoms with E-state index in [1.165, 1.54) is 4.90 Å². The van der Waals surface area contributed by atoms with Crippen molar-refractivity contribution in [2.24, 2.45) is 0 Å². The summed E-state index contributed by atoms with van der Waals surface area (Å²) in [4.78, 5) is 35.6. The predicted molar refractivity (Wildman–Crippen MR) is 77.5 cm³/mol. The molecule has 0 aromatic carbocycles. The lowest BCUT2D eigenvalue weighted by Crippen LogP contribution is -2.29. The highest BCUT2D eigenvalue weighted by molar-refractivity contribution is 14.1. The third-order valence-corrected chi connectivity index (χ3v) is 4.74. The molecule has 0 spiro atoms. The molecule has 1 rings (SSSR count). The average Bonchev–Trinajstić information content (AvgIpc) is 2.68. The maximum Gasteiger partial charge on any atom is 0.229 e. The lowest BCUT2D eigenvalue weighted by atomic mass is 10.1. The summed E-state index contributed by atoms with van der Waals surface area (Å²) in [6.45, 7) is 2.53. The Morgan fingerprint density at radius 3 is 2.39 bits per heavy atom. The van der Waals surface area contributed by atoms with Crippen LogP contribution in [-0.4, -0.2) is 33.0 Å². The van der Waals surface area contributed by atoms with Gasteiger partial charge in [-0.05, 0) is 19.3 Å². The largest absolute Gasteiger partial charge is 0.299 e. The lowest BCUT2D eigenvalue weighted by Gasteiger charge is -2.13. The monoisotopic (exact) mass is 365 g/mol. The minimum atomic E-state index is -0.0469. The number of imide groups is 1. The number of unbranched alkanes of at least 4 members (excludes halogenated alkanes) is 2. The van der Waals surface area contributed by atoms with E-state index in [4.69, 9.17) is 0 Å². The van der Waals surface area contributed by atoms with Crippen LogP contribution in [0.3, 0.4) is 0 Å². The first-order valence-electron chi connectivity index (χ1n) is 6.56. The van der Waals surface area contributed by atoms with E-state index < -0.39 is 0 Å². The Morgan fingerprint density at radius 2 is 1.83 bits per heavy atom. The summed E-state index contributed by atoms with van der Waals surface area (Å²) < 4.78 is 0.129. The normalized spacial score (nSPS) is 17.3. The second-order valence-corrected chi connectivity index (χ2v) is 6.10. The summed E-state index contributed by atoms with van der Waals surface area (Å²) in [5.41, 5.74) is 0. The van der Waals surface area contributed by atoms with Crippen LogP contribution in [0.4, 0.5) is 0 Å². The summed E-state index contributed by atoms with van der Waals surface area (Å²) in [6.07, 6.45) is 4.79. The van der Waals surface area contributed by atoms with Gasteiger partial charge in [-0.2, -0.15) is 0 Å². The number of hydrogen-bond donors (Lipinski definition) is 0. The third-order valence-electron chi connectivity index (χ3n) is 3.17. The van der Waals surface area contributed by atoms with Crippen LogP contribution in [-0.2, 0) is 14.4 Å². The molecule has 0 aromatic heterocycles. The molecular formula is C13H20INO3. The first-order chi connectivity index (χ1) is 8.56. The molecule has 1 aliphatic rings. The van der Waals surface area contributed by atoms with Gasteiger partial charge in [0.05, 0.1) is 3.92 Å². The van der Waals surface area contributed by atoms with Gasteiger partial charge in [0.2, 0.25) is 11.8 Å². The molecule has 0 N–H and O–H groups in total. The Labute approximate surface area is 122 Å². The predicted octanol–water partition coefficient (Wildman–Crippen LogP) is 2.48. The number of ketones is 1. The fraction of sp³-hybridized carbons (Fsp3) is 0.769. The fourth-order valence-electron chi connectivity index (χ4n) is 2.00. The number of likely N-dealkylation sites (tertiary alicyclic amines) is 1. The molecule has 1 heterocycles. The van der Waals surface area contributed by atoms with Crippen LogP contribution in [0.5, 0.6) is 0 Å². The SMILES string of the molecule is CCC(I)C(=O)CCCCCN1C(=O)CCC1=O. The number of Topliss-reactive ketones (excluding diaryl/α,β-unsaturated/α-hetero) is 1. The van der Waals surface area contributed by atoms with E-state index >= 15 is 0 Å². The van der Waals surface area contributed by atoms with E-state index in [9.17, 15) is 14.4 Å². The number of carbonyl (C=O) groups is 3. The van der Waals surface area contributed by atoms with Crippen molar-refractivity contribution >= 4 is 40.2 Å². The van der Waals surface area contributed by atoms with Crippen molar-refractivity contribution in [2.75, 3.05) is 6.54 Å². The third kappa shape index (κ3) is 4.66. The highest BCUT2D eigenvalue weighted by atomic mass is 127. The van der Waals surface area contributed by atoms with Crippen LogP contribution < -0.4 is 0 Å². The van der Waals surface area contributed by atoms with E-state index in [0.29, 0.717) is 31.6 Å². The Bertz CT molecular complexity index is 314.